The number of Topliss-reactive ketones (excluding diaryl/α,β-unsaturated/α-hetero) is 1. The zero-order chi connectivity index (χ0) is 13.1. The van der Waals surface area contributed by atoms with Crippen LogP contribution in [-0.2, 0) is 9.53 Å². The van der Waals surface area contributed by atoms with Crippen molar-refractivity contribution in [2.75, 3.05) is 6.61 Å². The Bertz CT molecular complexity index is 309. The van der Waals surface area contributed by atoms with Crippen molar-refractivity contribution in [2.24, 2.45) is 11.3 Å². The van der Waals surface area contributed by atoms with Crippen LogP contribution in [0.3, 0.4) is 0 Å². The minimum Gasteiger partial charge on any atom is -0.376 e. The van der Waals surface area contributed by atoms with Crippen molar-refractivity contribution < 1.29 is 9.53 Å². The molecule has 0 aromatic rings. The highest BCUT2D eigenvalue weighted by Crippen LogP contribution is 2.50. The van der Waals surface area contributed by atoms with Gasteiger partial charge in [0.15, 0.2) is 0 Å². The van der Waals surface area contributed by atoms with Crippen LogP contribution in [0.25, 0.3) is 0 Å². The third-order valence-electron chi connectivity index (χ3n) is 5.80. The summed E-state index contributed by atoms with van der Waals surface area (Å²) in [6, 6.07) is 0. The summed E-state index contributed by atoms with van der Waals surface area (Å²) in [6.45, 7) is 0.916. The van der Waals surface area contributed by atoms with Gasteiger partial charge in [0, 0.05) is 13.0 Å². The Kier molecular flexibility index (Phi) is 4.26. The fraction of sp³-hybridized carbons (Fsp3) is 0.941. The monoisotopic (exact) mass is 264 g/mol. The quantitative estimate of drug-likeness (QED) is 0.712. The van der Waals surface area contributed by atoms with Crippen LogP contribution in [0.1, 0.15) is 77.0 Å². The van der Waals surface area contributed by atoms with Gasteiger partial charge in [0.05, 0.1) is 11.5 Å². The standard InChI is InChI=1S/C17H28O2/c18-15-12-16(17(15)10-6-3-7-11-17)19-13-14-8-4-1-2-5-9-14/h14,16H,1-13H2. The second kappa shape index (κ2) is 5.95. The summed E-state index contributed by atoms with van der Waals surface area (Å²) in [4.78, 5) is 12.0. The van der Waals surface area contributed by atoms with E-state index in [1.54, 1.807) is 0 Å². The molecule has 0 aliphatic heterocycles. The number of hydrogen-bond acceptors (Lipinski definition) is 2. The van der Waals surface area contributed by atoms with Crippen molar-refractivity contribution in [2.45, 2.75) is 83.2 Å². The fourth-order valence-corrected chi connectivity index (χ4v) is 4.40. The molecule has 1 atom stereocenters. The molecule has 0 bridgehead atoms. The maximum Gasteiger partial charge on any atom is 0.144 e. The van der Waals surface area contributed by atoms with Gasteiger partial charge >= 0.3 is 0 Å². The lowest BCUT2D eigenvalue weighted by atomic mass is 9.57. The van der Waals surface area contributed by atoms with Gasteiger partial charge in [-0.05, 0) is 31.6 Å². The molecule has 3 aliphatic rings. The van der Waals surface area contributed by atoms with E-state index in [2.05, 4.69) is 0 Å². The van der Waals surface area contributed by atoms with Crippen LogP contribution in [0.5, 0.6) is 0 Å². The molecule has 0 saturated heterocycles. The maximum atomic E-state index is 12.0. The van der Waals surface area contributed by atoms with E-state index in [-0.39, 0.29) is 11.5 Å². The van der Waals surface area contributed by atoms with Crippen LogP contribution >= 0.6 is 0 Å². The highest BCUT2D eigenvalue weighted by Gasteiger charge is 2.55. The molecule has 0 heterocycles. The van der Waals surface area contributed by atoms with Crippen molar-refractivity contribution in [1.29, 1.82) is 0 Å². The minimum atomic E-state index is -0.0387. The van der Waals surface area contributed by atoms with Crippen LogP contribution < -0.4 is 0 Å². The van der Waals surface area contributed by atoms with Crippen molar-refractivity contribution in [3.63, 3.8) is 0 Å². The van der Waals surface area contributed by atoms with Crippen molar-refractivity contribution in [3.8, 4) is 0 Å². The molecule has 3 aliphatic carbocycles. The van der Waals surface area contributed by atoms with Crippen LogP contribution in [0.15, 0.2) is 0 Å². The topological polar surface area (TPSA) is 26.3 Å². The van der Waals surface area contributed by atoms with E-state index < -0.39 is 0 Å². The smallest absolute Gasteiger partial charge is 0.144 e. The molecule has 3 saturated carbocycles. The number of ether oxygens (including phenoxy) is 1. The van der Waals surface area contributed by atoms with Gasteiger partial charge in [-0.1, -0.05) is 44.9 Å². The molecule has 2 heteroatoms. The number of ketones is 1. The first-order valence-electron chi connectivity index (χ1n) is 8.46. The summed E-state index contributed by atoms with van der Waals surface area (Å²) in [5, 5.41) is 0. The SMILES string of the molecule is O=C1CC(OCC2CCCCCC2)C12CCCCC2. The maximum absolute atomic E-state index is 12.0. The zero-order valence-corrected chi connectivity index (χ0v) is 12.2. The van der Waals surface area contributed by atoms with E-state index >= 15 is 0 Å². The Balaban J connectivity index is 1.50. The molecule has 1 spiro atoms. The highest BCUT2D eigenvalue weighted by atomic mass is 16.5. The number of carbonyl (C=O) groups excluding carboxylic acids is 1. The normalized spacial score (nSPS) is 32.0. The van der Waals surface area contributed by atoms with Gasteiger partial charge in [-0.15, -0.1) is 0 Å². The first kappa shape index (κ1) is 13.6. The third-order valence-corrected chi connectivity index (χ3v) is 5.80. The summed E-state index contributed by atoms with van der Waals surface area (Å²) in [5.41, 5.74) is -0.0387. The number of rotatable bonds is 3. The van der Waals surface area contributed by atoms with Gasteiger partial charge in [0.1, 0.15) is 5.78 Å². The Hall–Kier alpha value is -0.370. The molecule has 2 nitrogen and oxygen atoms in total. The predicted octanol–water partition coefficient (Wildman–Crippen LogP) is 4.27. The first-order valence-corrected chi connectivity index (χ1v) is 8.46. The van der Waals surface area contributed by atoms with Crippen molar-refractivity contribution in [3.05, 3.63) is 0 Å². The molecule has 0 radical (unpaired) electrons. The molecule has 1 unspecified atom stereocenters. The van der Waals surface area contributed by atoms with E-state index in [0.717, 1.165) is 25.4 Å². The van der Waals surface area contributed by atoms with Gasteiger partial charge in [-0.25, -0.2) is 0 Å². The Morgan fingerprint density at radius 3 is 2.21 bits per heavy atom. The molecular formula is C17H28O2. The molecule has 3 fully saturated rings. The minimum absolute atomic E-state index is 0.0387. The van der Waals surface area contributed by atoms with Gasteiger partial charge in [-0.3, -0.25) is 4.79 Å². The van der Waals surface area contributed by atoms with Crippen LogP contribution in [0, 0.1) is 11.3 Å². The van der Waals surface area contributed by atoms with Crippen molar-refractivity contribution in [1.82, 2.24) is 0 Å². The average Bonchev–Trinajstić information content (AvgIpc) is 2.73. The van der Waals surface area contributed by atoms with Gasteiger partial charge in [0.25, 0.3) is 0 Å². The summed E-state index contributed by atoms with van der Waals surface area (Å²) in [5.74, 6) is 1.26. The second-order valence-corrected chi connectivity index (χ2v) is 7.02. The lowest BCUT2D eigenvalue weighted by Crippen LogP contribution is -2.56. The van der Waals surface area contributed by atoms with E-state index in [4.69, 9.17) is 4.74 Å². The highest BCUT2D eigenvalue weighted by molar-refractivity contribution is 5.92. The first-order chi connectivity index (χ1) is 9.31. The molecule has 0 N–H and O–H groups in total. The summed E-state index contributed by atoms with van der Waals surface area (Å²) in [7, 11) is 0. The Morgan fingerprint density at radius 1 is 0.947 bits per heavy atom. The Labute approximate surface area is 117 Å². The van der Waals surface area contributed by atoms with Gasteiger partial charge in [-0.2, -0.15) is 0 Å². The molecular weight excluding hydrogens is 236 g/mol. The summed E-state index contributed by atoms with van der Waals surface area (Å²) in [6.07, 6.45) is 15.2. The Morgan fingerprint density at radius 2 is 1.58 bits per heavy atom. The van der Waals surface area contributed by atoms with E-state index in [1.165, 1.54) is 57.8 Å². The lowest BCUT2D eigenvalue weighted by molar-refractivity contribution is -0.171. The molecule has 0 aromatic heterocycles. The molecule has 108 valence electrons. The second-order valence-electron chi connectivity index (χ2n) is 7.02. The molecule has 0 amide bonds. The summed E-state index contributed by atoms with van der Waals surface area (Å²) < 4.78 is 6.22. The third kappa shape index (κ3) is 2.74. The van der Waals surface area contributed by atoms with Crippen LogP contribution in [0.2, 0.25) is 0 Å². The molecule has 3 rings (SSSR count). The zero-order valence-electron chi connectivity index (χ0n) is 12.2. The molecule has 0 aromatic carbocycles. The van der Waals surface area contributed by atoms with Gasteiger partial charge < -0.3 is 4.74 Å². The van der Waals surface area contributed by atoms with Gasteiger partial charge in [0.2, 0.25) is 0 Å². The van der Waals surface area contributed by atoms with E-state index in [1.807, 2.05) is 0 Å². The van der Waals surface area contributed by atoms with Crippen molar-refractivity contribution >= 4 is 5.78 Å². The predicted molar refractivity (Wildman–Crippen MR) is 76.1 cm³/mol. The summed E-state index contributed by atoms with van der Waals surface area (Å²) >= 11 is 0. The average molecular weight is 264 g/mol. The van der Waals surface area contributed by atoms with E-state index in [0.29, 0.717) is 12.2 Å². The van der Waals surface area contributed by atoms with Crippen LogP contribution in [0.4, 0.5) is 0 Å². The lowest BCUT2D eigenvalue weighted by Gasteiger charge is -2.50. The van der Waals surface area contributed by atoms with Crippen LogP contribution in [-0.4, -0.2) is 18.5 Å². The van der Waals surface area contributed by atoms with E-state index in [9.17, 15) is 4.79 Å². The number of carbonyl (C=O) groups is 1. The largest absolute Gasteiger partial charge is 0.376 e. The fourth-order valence-electron chi connectivity index (χ4n) is 4.40. The molecule has 19 heavy (non-hydrogen) atoms. The number of hydrogen-bond donors (Lipinski definition) is 0.